The average Bonchev–Trinajstić information content (AvgIpc) is 3.40. The molecular formula is C36H49BrF4N4O4Si2. The highest BCUT2D eigenvalue weighted by Crippen LogP contribution is 2.27. The maximum absolute atomic E-state index is 13.7. The van der Waals surface area contributed by atoms with E-state index < -0.39 is 66.5 Å². The summed E-state index contributed by atoms with van der Waals surface area (Å²) in [5.74, 6) is -2.97. The van der Waals surface area contributed by atoms with Gasteiger partial charge in [-0.1, -0.05) is 69.6 Å². The van der Waals surface area contributed by atoms with E-state index in [1.165, 1.54) is 5.32 Å². The number of cyclic esters (lactones) is 2. The minimum absolute atomic E-state index is 0.354. The van der Waals surface area contributed by atoms with Crippen molar-refractivity contribution in [3.8, 4) is 11.5 Å². The van der Waals surface area contributed by atoms with Gasteiger partial charge < -0.3 is 20.2 Å². The molecule has 0 bridgehead atoms. The lowest BCUT2D eigenvalue weighted by Crippen LogP contribution is -2.54. The molecule has 2 atom stereocenters. The molecule has 0 unspecified atom stereocenters. The van der Waals surface area contributed by atoms with Crippen molar-refractivity contribution in [2.45, 2.75) is 89.9 Å². The van der Waals surface area contributed by atoms with Gasteiger partial charge in [-0.2, -0.15) is 0 Å². The molecule has 2 aromatic carbocycles. The number of carbonyl (C=O) groups excluding carboxylic acids is 2. The number of H-pyrrole nitrogens is 1. The molecule has 0 saturated carbocycles. The van der Waals surface area contributed by atoms with Crippen molar-refractivity contribution >= 4 is 66.2 Å². The largest absolute Gasteiger partial charge is 0.443 e. The third-order valence-corrected chi connectivity index (χ3v) is 11.6. The standard InChI is InChI=1S/C18H24F2N2O2Si.C12H19F2NO2Si.C6H6BrN/c1-12(22-10-18(19,20)11-24-17(22)23)9-14-13-7-5-6-8-15(13)21-16(14)25(2,3)4;1-10(6-5-7-18(2,3)4)15-8-12(13,14)9-17-11(15)16;7-5-3-1-2-4-6(5)8/h5-8,12,21H,9-11H2,1-4H3;10H,6,8-9H2,1-4H3;1-4H,8H2/t12-;10-;/m10./s1. The van der Waals surface area contributed by atoms with Crippen LogP contribution in [0.15, 0.2) is 53.0 Å². The van der Waals surface area contributed by atoms with Crippen LogP contribution in [0, 0.1) is 11.5 Å². The number of nitrogens with one attached hydrogen (secondary N) is 1. The quantitative estimate of drug-likeness (QED) is 0.113. The third kappa shape index (κ3) is 12.6. The number of alkyl halides is 4. The summed E-state index contributed by atoms with van der Waals surface area (Å²) < 4.78 is 63.7. The van der Waals surface area contributed by atoms with Crippen molar-refractivity contribution in [2.75, 3.05) is 32.0 Å². The molecule has 2 aliphatic heterocycles. The molecule has 15 heteroatoms. The fraction of sp³-hybridized carbons (Fsp3) is 0.500. The van der Waals surface area contributed by atoms with Crippen LogP contribution in [-0.2, 0) is 15.9 Å². The Morgan fingerprint density at radius 2 is 1.37 bits per heavy atom. The van der Waals surface area contributed by atoms with Crippen LogP contribution < -0.4 is 11.1 Å². The smallest absolute Gasteiger partial charge is 0.410 e. The van der Waals surface area contributed by atoms with Crippen molar-refractivity contribution in [1.29, 1.82) is 0 Å². The fourth-order valence-electron chi connectivity index (χ4n) is 5.40. The van der Waals surface area contributed by atoms with E-state index in [1.54, 1.807) is 13.8 Å². The van der Waals surface area contributed by atoms with E-state index in [0.717, 1.165) is 36.4 Å². The zero-order valence-electron chi connectivity index (χ0n) is 30.5. The highest BCUT2D eigenvalue weighted by atomic mass is 79.9. The van der Waals surface area contributed by atoms with Gasteiger partial charge in [0.25, 0.3) is 11.8 Å². The lowest BCUT2D eigenvalue weighted by Gasteiger charge is -2.36. The maximum Gasteiger partial charge on any atom is 0.410 e. The molecule has 3 aromatic rings. The molecule has 3 N–H and O–H groups in total. The predicted octanol–water partition coefficient (Wildman–Crippen LogP) is 8.50. The second-order valence-corrected chi connectivity index (χ2v) is 25.6. The van der Waals surface area contributed by atoms with E-state index in [-0.39, 0.29) is 12.1 Å². The molecular weight excluding hydrogens is 764 g/mol. The summed E-state index contributed by atoms with van der Waals surface area (Å²) in [6.45, 7) is 13.7. The molecule has 5 rings (SSSR count). The Kier molecular flexibility index (Phi) is 13.9. The van der Waals surface area contributed by atoms with Gasteiger partial charge in [0.05, 0.1) is 21.2 Å². The van der Waals surface area contributed by atoms with Crippen LogP contribution in [0.3, 0.4) is 0 Å². The first-order valence-corrected chi connectivity index (χ1v) is 24.5. The van der Waals surface area contributed by atoms with Crippen molar-refractivity contribution in [2.24, 2.45) is 0 Å². The summed E-state index contributed by atoms with van der Waals surface area (Å²) in [5, 5.41) is 2.31. The summed E-state index contributed by atoms with van der Waals surface area (Å²) in [5.41, 5.74) is 11.6. The monoisotopic (exact) mass is 812 g/mol. The molecule has 0 radical (unpaired) electrons. The van der Waals surface area contributed by atoms with E-state index in [4.69, 9.17) is 5.73 Å². The maximum atomic E-state index is 13.7. The van der Waals surface area contributed by atoms with E-state index in [9.17, 15) is 27.2 Å². The molecule has 2 amide bonds. The lowest BCUT2D eigenvalue weighted by molar-refractivity contribution is -0.112. The van der Waals surface area contributed by atoms with Gasteiger partial charge in [-0.25, -0.2) is 27.2 Å². The number of aromatic amines is 1. The number of nitrogen functional groups attached to an aromatic ring is 1. The average molecular weight is 814 g/mol. The highest BCUT2D eigenvalue weighted by Gasteiger charge is 2.43. The van der Waals surface area contributed by atoms with Crippen LogP contribution in [0.5, 0.6) is 0 Å². The van der Waals surface area contributed by atoms with Gasteiger partial charge in [-0.05, 0) is 60.0 Å². The number of para-hydroxylation sites is 2. The molecule has 2 saturated heterocycles. The Morgan fingerprint density at radius 1 is 0.863 bits per heavy atom. The van der Waals surface area contributed by atoms with Crippen LogP contribution in [0.2, 0.25) is 39.3 Å². The summed E-state index contributed by atoms with van der Waals surface area (Å²) in [4.78, 5) is 29.1. The van der Waals surface area contributed by atoms with Gasteiger partial charge in [-0.3, -0.25) is 9.80 Å². The normalized spacial score (nSPS) is 18.1. The van der Waals surface area contributed by atoms with E-state index >= 15 is 0 Å². The Hall–Kier alpha value is -3.49. The minimum atomic E-state index is -3.00. The summed E-state index contributed by atoms with van der Waals surface area (Å²) in [6, 6.07) is 14.9. The first-order chi connectivity index (χ1) is 23.5. The van der Waals surface area contributed by atoms with E-state index in [2.05, 4.69) is 81.1 Å². The number of ether oxygens (including phenoxy) is 2. The number of hydrogen-bond donors (Lipinski definition) is 2. The van der Waals surface area contributed by atoms with Crippen LogP contribution >= 0.6 is 15.9 Å². The zero-order chi connectivity index (χ0) is 38.4. The van der Waals surface area contributed by atoms with Crippen LogP contribution in [0.4, 0.5) is 32.8 Å². The number of halogens is 5. The van der Waals surface area contributed by atoms with E-state index in [1.807, 2.05) is 48.5 Å². The lowest BCUT2D eigenvalue weighted by atomic mass is 10.0. The minimum Gasteiger partial charge on any atom is -0.443 e. The molecule has 2 fully saturated rings. The van der Waals surface area contributed by atoms with Gasteiger partial charge in [0.1, 0.15) is 8.07 Å². The van der Waals surface area contributed by atoms with Crippen molar-refractivity contribution in [1.82, 2.24) is 14.8 Å². The highest BCUT2D eigenvalue weighted by molar-refractivity contribution is 9.10. The number of anilines is 1. The number of fused-ring (bicyclic) bond motifs is 1. The van der Waals surface area contributed by atoms with Gasteiger partial charge in [-0.15, -0.1) is 11.5 Å². The number of nitrogens with zero attached hydrogens (tertiary/aromatic N) is 2. The van der Waals surface area contributed by atoms with Crippen LogP contribution in [-0.4, -0.2) is 93.4 Å². The molecule has 8 nitrogen and oxygen atoms in total. The summed E-state index contributed by atoms with van der Waals surface area (Å²) in [7, 11) is -3.12. The van der Waals surface area contributed by atoms with Gasteiger partial charge in [0.2, 0.25) is 0 Å². The Labute approximate surface area is 308 Å². The van der Waals surface area contributed by atoms with Crippen molar-refractivity contribution in [3.05, 3.63) is 58.6 Å². The topological polar surface area (TPSA) is 101 Å². The van der Waals surface area contributed by atoms with Crippen molar-refractivity contribution in [3.63, 3.8) is 0 Å². The second-order valence-electron chi connectivity index (χ2n) is 15.0. The summed E-state index contributed by atoms with van der Waals surface area (Å²) >= 11 is 3.27. The van der Waals surface area contributed by atoms with Crippen LogP contribution in [0.1, 0.15) is 25.8 Å². The number of carbonyl (C=O) groups is 2. The number of rotatable bonds is 6. The number of nitrogens with two attached hydrogens (primary N) is 1. The fourth-order valence-corrected chi connectivity index (χ4v) is 7.97. The Bertz CT molecular complexity index is 1710. The molecule has 1 aromatic heterocycles. The number of amides is 2. The molecule has 3 heterocycles. The first kappa shape index (κ1) is 41.9. The molecule has 0 spiro atoms. The van der Waals surface area contributed by atoms with E-state index in [0.29, 0.717) is 12.8 Å². The zero-order valence-corrected chi connectivity index (χ0v) is 34.1. The molecule has 280 valence electrons. The molecule has 2 aliphatic rings. The second kappa shape index (κ2) is 16.9. The third-order valence-electron chi connectivity index (χ3n) is 7.98. The van der Waals surface area contributed by atoms with Crippen molar-refractivity contribution < 1.29 is 36.6 Å². The SMILES string of the molecule is C[C@@H](CC#C[Si](C)(C)C)N1CC(F)(F)COC1=O.C[C@H](Cc1c([Si](C)(C)C)[nH]c2ccccc12)N1CC(F)(F)COC1=O.Nc1ccccc1Br. The van der Waals surface area contributed by atoms with Gasteiger partial charge in [0, 0.05) is 44.9 Å². The molecule has 51 heavy (non-hydrogen) atoms. The molecule has 0 aliphatic carbocycles. The van der Waals surface area contributed by atoms with Gasteiger partial charge in [0.15, 0.2) is 13.2 Å². The van der Waals surface area contributed by atoms with Crippen LogP contribution in [0.25, 0.3) is 10.9 Å². The van der Waals surface area contributed by atoms with Gasteiger partial charge >= 0.3 is 12.2 Å². The Morgan fingerprint density at radius 3 is 1.86 bits per heavy atom. The Balaban J connectivity index is 0.000000235. The summed E-state index contributed by atoms with van der Waals surface area (Å²) in [6.07, 6.45) is -0.416. The first-order valence-electron chi connectivity index (χ1n) is 16.7. The number of aromatic nitrogens is 1. The number of benzene rings is 2. The predicted molar refractivity (Wildman–Crippen MR) is 204 cm³/mol. The number of hydrogen-bond acceptors (Lipinski definition) is 5.